The first-order chi connectivity index (χ1) is 17.0. The molecule has 36 heavy (non-hydrogen) atoms. The number of ketones is 1. The number of carbonyl (C=O) groups is 1. The zero-order chi connectivity index (χ0) is 26.0. The van der Waals surface area contributed by atoms with Crippen LogP contribution in [0.2, 0.25) is 4.34 Å². The lowest BCUT2D eigenvalue weighted by Crippen LogP contribution is -2.24. The van der Waals surface area contributed by atoms with Crippen LogP contribution >= 0.6 is 38.9 Å². The number of nitrogens with one attached hydrogen (secondary N) is 1. The fourth-order valence-electron chi connectivity index (χ4n) is 4.11. The van der Waals surface area contributed by atoms with Crippen molar-refractivity contribution in [2.45, 2.75) is 31.0 Å². The molecular weight excluding hydrogens is 594 g/mol. The third-order valence-electron chi connectivity index (χ3n) is 5.88. The summed E-state index contributed by atoms with van der Waals surface area (Å²) in [6, 6.07) is 8.42. The zero-order valence-corrected chi connectivity index (χ0v) is 22.6. The van der Waals surface area contributed by atoms with Crippen LogP contribution < -0.4 is 16.2 Å². The minimum atomic E-state index is -4.11. The molecule has 1 aliphatic carbocycles. The minimum absolute atomic E-state index is 0.233. The van der Waals surface area contributed by atoms with Crippen molar-refractivity contribution in [1.82, 2.24) is 9.97 Å². The highest BCUT2D eigenvalue weighted by Gasteiger charge is 2.35. The van der Waals surface area contributed by atoms with Crippen LogP contribution in [0.1, 0.15) is 45.2 Å². The summed E-state index contributed by atoms with van der Waals surface area (Å²) >= 11 is 11.0. The number of nitrogens with two attached hydrogens (primary N) is 2. The molecular formula is C22H23BrClN5O5S2. The number of hydrogen-bond acceptors (Lipinski definition) is 10. The van der Waals surface area contributed by atoms with Gasteiger partial charge < -0.3 is 16.2 Å². The van der Waals surface area contributed by atoms with E-state index in [1.54, 1.807) is 6.07 Å². The van der Waals surface area contributed by atoms with Crippen molar-refractivity contribution in [2.75, 3.05) is 11.9 Å². The van der Waals surface area contributed by atoms with Gasteiger partial charge in [0, 0.05) is 28.2 Å². The van der Waals surface area contributed by atoms with Gasteiger partial charge in [-0.2, -0.15) is 8.42 Å². The first kappa shape index (κ1) is 27.1. The Morgan fingerprint density at radius 2 is 2.14 bits per heavy atom. The van der Waals surface area contributed by atoms with Gasteiger partial charge in [-0.3, -0.25) is 8.98 Å². The van der Waals surface area contributed by atoms with E-state index in [0.29, 0.717) is 33.4 Å². The average molecular weight is 617 g/mol. The molecule has 0 bridgehead atoms. The molecule has 3 aromatic rings. The molecule has 1 saturated carbocycles. The highest BCUT2D eigenvalue weighted by Crippen LogP contribution is 2.36. The molecule has 0 amide bonds. The van der Waals surface area contributed by atoms with Crippen LogP contribution in [0.15, 0.2) is 47.3 Å². The number of aliphatic hydroxyl groups is 1. The SMILES string of the molecule is N[C@H](c1cccc(Br)c1)c1cc(C(=O)c2cncnc2N[C@@H]2C[C@H](COS(N)(=O)=O)[C@@H](O)C2)sc1Cl. The largest absolute Gasteiger partial charge is 0.393 e. The maximum atomic E-state index is 13.4. The highest BCUT2D eigenvalue weighted by molar-refractivity contribution is 9.10. The van der Waals surface area contributed by atoms with Crippen LogP contribution in [0, 0.1) is 5.92 Å². The van der Waals surface area contributed by atoms with Crippen LogP contribution in [0.4, 0.5) is 5.82 Å². The van der Waals surface area contributed by atoms with Crippen LogP contribution in [0.3, 0.4) is 0 Å². The number of halogens is 2. The lowest BCUT2D eigenvalue weighted by molar-refractivity contribution is 0.101. The number of nitrogens with zero attached hydrogens (tertiary/aromatic N) is 2. The number of carbonyl (C=O) groups excluding carboxylic acids is 1. The molecule has 0 aliphatic heterocycles. The summed E-state index contributed by atoms with van der Waals surface area (Å²) in [6.07, 6.45) is 2.62. The molecule has 14 heteroatoms. The number of rotatable bonds is 9. The molecule has 0 unspecified atom stereocenters. The first-order valence-corrected chi connectivity index (χ1v) is 14.2. The number of aromatic nitrogens is 2. The van der Waals surface area contributed by atoms with E-state index in [-0.39, 0.29) is 24.0 Å². The van der Waals surface area contributed by atoms with Gasteiger partial charge in [-0.15, -0.1) is 11.3 Å². The second-order valence-corrected chi connectivity index (χ2v) is 12.2. The molecule has 0 spiro atoms. The fraction of sp³-hybridized carbons (Fsp3) is 0.318. The van der Waals surface area contributed by atoms with Crippen molar-refractivity contribution in [2.24, 2.45) is 16.8 Å². The Kier molecular flexibility index (Phi) is 8.42. The van der Waals surface area contributed by atoms with Gasteiger partial charge in [0.25, 0.3) is 0 Å². The number of benzene rings is 1. The normalized spacial score (nSPS) is 20.9. The molecule has 6 N–H and O–H groups in total. The second-order valence-electron chi connectivity index (χ2n) is 8.40. The highest BCUT2D eigenvalue weighted by atomic mass is 79.9. The molecule has 1 fully saturated rings. The van der Waals surface area contributed by atoms with Gasteiger partial charge in [-0.05, 0) is 36.6 Å². The second kappa shape index (κ2) is 11.2. The van der Waals surface area contributed by atoms with Gasteiger partial charge in [-0.25, -0.2) is 15.1 Å². The Labute approximate surface area is 225 Å². The Bertz CT molecular complexity index is 1370. The lowest BCUT2D eigenvalue weighted by atomic mass is 10.0. The molecule has 0 saturated heterocycles. The fourth-order valence-corrected chi connectivity index (χ4v) is 6.19. The molecule has 4 rings (SSSR count). The van der Waals surface area contributed by atoms with Crippen LogP contribution in [-0.4, -0.2) is 48.0 Å². The third kappa shape index (κ3) is 6.47. The van der Waals surface area contributed by atoms with E-state index in [0.717, 1.165) is 21.4 Å². The summed E-state index contributed by atoms with van der Waals surface area (Å²) in [5.74, 6) is -0.479. The summed E-state index contributed by atoms with van der Waals surface area (Å²) in [7, 11) is -4.11. The summed E-state index contributed by atoms with van der Waals surface area (Å²) in [6.45, 7) is -0.234. The van der Waals surface area contributed by atoms with E-state index >= 15 is 0 Å². The van der Waals surface area contributed by atoms with E-state index in [4.69, 9.17) is 22.5 Å². The van der Waals surface area contributed by atoms with E-state index in [9.17, 15) is 18.3 Å². The first-order valence-electron chi connectivity index (χ1n) is 10.8. The molecule has 0 radical (unpaired) electrons. The Balaban J connectivity index is 1.51. The van der Waals surface area contributed by atoms with Crippen LogP contribution in [0.5, 0.6) is 0 Å². The smallest absolute Gasteiger partial charge is 0.333 e. The summed E-state index contributed by atoms with van der Waals surface area (Å²) in [4.78, 5) is 22.0. The monoisotopic (exact) mass is 615 g/mol. The summed E-state index contributed by atoms with van der Waals surface area (Å²) in [5, 5.41) is 18.3. The molecule has 192 valence electrons. The van der Waals surface area contributed by atoms with Crippen molar-refractivity contribution in [3.63, 3.8) is 0 Å². The standard InChI is InChI=1S/C22H23BrClN5O5S2/c23-13-3-1-2-11(4-13)19(25)15-7-18(35-21(15)24)20(31)16-8-27-10-28-22(16)29-14-5-12(17(30)6-14)9-34-36(26,32)33/h1-4,7-8,10,12,14,17,19,30H,5-6,9,25H2,(H2,26,32,33)(H,27,28,29)/t12-,14-,17+,19-/m1/s1. The number of anilines is 1. The van der Waals surface area contributed by atoms with Gasteiger partial charge in [0.1, 0.15) is 12.1 Å². The van der Waals surface area contributed by atoms with Crippen molar-refractivity contribution < 1.29 is 22.5 Å². The van der Waals surface area contributed by atoms with E-state index in [1.807, 2.05) is 24.3 Å². The van der Waals surface area contributed by atoms with Crippen LogP contribution in [-0.2, 0) is 14.5 Å². The Morgan fingerprint density at radius 3 is 2.86 bits per heavy atom. The molecule has 1 aliphatic rings. The molecule has 1 aromatic carbocycles. The summed E-state index contributed by atoms with van der Waals surface area (Å²) < 4.78 is 28.1. The predicted octanol–water partition coefficient (Wildman–Crippen LogP) is 3.00. The van der Waals surface area contributed by atoms with E-state index in [1.165, 1.54) is 12.5 Å². The van der Waals surface area contributed by atoms with Crippen molar-refractivity contribution >= 4 is 60.8 Å². The quantitative estimate of drug-likeness (QED) is 0.264. The molecule has 4 atom stereocenters. The molecule has 10 nitrogen and oxygen atoms in total. The minimum Gasteiger partial charge on any atom is -0.393 e. The van der Waals surface area contributed by atoms with Gasteiger partial charge in [0.2, 0.25) is 5.78 Å². The lowest BCUT2D eigenvalue weighted by Gasteiger charge is -2.15. The van der Waals surface area contributed by atoms with Crippen LogP contribution in [0.25, 0.3) is 0 Å². The molecule has 2 aromatic heterocycles. The van der Waals surface area contributed by atoms with E-state index < -0.39 is 28.4 Å². The molecule has 2 heterocycles. The van der Waals surface area contributed by atoms with Crippen molar-refractivity contribution in [1.29, 1.82) is 0 Å². The van der Waals surface area contributed by atoms with Gasteiger partial charge in [-0.1, -0.05) is 39.7 Å². The van der Waals surface area contributed by atoms with Gasteiger partial charge in [0.15, 0.2) is 0 Å². The Morgan fingerprint density at radius 1 is 1.36 bits per heavy atom. The Hall–Kier alpha value is -1.97. The third-order valence-corrected chi connectivity index (χ3v) is 8.23. The topological polar surface area (TPSA) is 171 Å². The zero-order valence-electron chi connectivity index (χ0n) is 18.7. The average Bonchev–Trinajstić information content (AvgIpc) is 3.38. The van der Waals surface area contributed by atoms with Gasteiger partial charge >= 0.3 is 10.3 Å². The number of thiophene rings is 1. The maximum Gasteiger partial charge on any atom is 0.333 e. The number of aliphatic hydroxyl groups excluding tert-OH is 1. The van der Waals surface area contributed by atoms with Gasteiger partial charge in [0.05, 0.1) is 33.5 Å². The van der Waals surface area contributed by atoms with Crippen molar-refractivity contribution in [3.05, 3.63) is 73.2 Å². The van der Waals surface area contributed by atoms with E-state index in [2.05, 4.69) is 35.4 Å². The maximum absolute atomic E-state index is 13.4. The number of hydrogen-bond donors (Lipinski definition) is 4. The van der Waals surface area contributed by atoms with Crippen molar-refractivity contribution in [3.8, 4) is 0 Å². The predicted molar refractivity (Wildman–Crippen MR) is 140 cm³/mol. The summed E-state index contributed by atoms with van der Waals surface area (Å²) in [5.41, 5.74) is 8.13.